The SMILES string of the molecule is Cc1nc(S(C)(=O)=O)ccc1C1CCC(OCC2CCN(C(=O)O)CC2)CC1. The van der Waals surface area contributed by atoms with Crippen molar-refractivity contribution in [2.24, 2.45) is 5.92 Å². The van der Waals surface area contributed by atoms with E-state index in [9.17, 15) is 13.2 Å². The maximum absolute atomic E-state index is 11.7. The van der Waals surface area contributed by atoms with E-state index in [-0.39, 0.29) is 11.1 Å². The molecule has 0 bridgehead atoms. The molecule has 0 atom stereocenters. The molecule has 1 aliphatic carbocycles. The number of ether oxygens (including phenoxy) is 1. The maximum Gasteiger partial charge on any atom is 0.407 e. The van der Waals surface area contributed by atoms with E-state index in [4.69, 9.17) is 9.84 Å². The molecular formula is C20H30N2O5S. The third-order valence-corrected chi connectivity index (χ3v) is 7.03. The number of amides is 1. The molecule has 0 spiro atoms. The molecule has 0 radical (unpaired) electrons. The molecule has 1 N–H and O–H groups in total. The van der Waals surface area contributed by atoms with Gasteiger partial charge in [0.05, 0.1) is 6.10 Å². The molecule has 28 heavy (non-hydrogen) atoms. The van der Waals surface area contributed by atoms with E-state index < -0.39 is 15.9 Å². The number of nitrogens with zero attached hydrogens (tertiary/aromatic N) is 2. The van der Waals surface area contributed by atoms with Gasteiger partial charge in [0.2, 0.25) is 0 Å². The predicted octanol–water partition coefficient (Wildman–Crippen LogP) is 3.23. The summed E-state index contributed by atoms with van der Waals surface area (Å²) in [4.78, 5) is 16.7. The number of aromatic nitrogens is 1. The number of carbonyl (C=O) groups is 1. The molecule has 7 nitrogen and oxygen atoms in total. The summed E-state index contributed by atoms with van der Waals surface area (Å²) in [7, 11) is -3.27. The summed E-state index contributed by atoms with van der Waals surface area (Å²) in [5, 5.41) is 9.15. The second kappa shape index (κ2) is 8.78. The first-order valence-electron chi connectivity index (χ1n) is 10.0. The van der Waals surface area contributed by atoms with Crippen LogP contribution in [0.25, 0.3) is 0 Å². The standard InChI is InChI=1S/C20H30N2O5S/c1-14-18(7-8-19(21-14)28(2,25)26)16-3-5-17(6-4-16)27-13-15-9-11-22(12-10-15)20(23)24/h7-8,15-17H,3-6,9-13H2,1-2H3,(H,23,24). The van der Waals surface area contributed by atoms with Gasteiger partial charge in [-0.25, -0.2) is 18.2 Å². The zero-order chi connectivity index (χ0) is 20.3. The largest absolute Gasteiger partial charge is 0.465 e. The third kappa shape index (κ3) is 5.23. The zero-order valence-corrected chi connectivity index (χ0v) is 17.5. The first-order chi connectivity index (χ1) is 13.2. The quantitative estimate of drug-likeness (QED) is 0.800. The number of piperidine rings is 1. The van der Waals surface area contributed by atoms with Crippen LogP contribution in [0.2, 0.25) is 0 Å². The Morgan fingerprint density at radius 3 is 2.36 bits per heavy atom. The van der Waals surface area contributed by atoms with Crippen molar-refractivity contribution in [2.45, 2.75) is 62.5 Å². The second-order valence-electron chi connectivity index (χ2n) is 8.12. The highest BCUT2D eigenvalue weighted by atomic mass is 32.2. The molecule has 1 amide bonds. The maximum atomic E-state index is 11.7. The van der Waals surface area contributed by atoms with Crippen molar-refractivity contribution in [2.75, 3.05) is 26.0 Å². The first kappa shape index (κ1) is 21.0. The fourth-order valence-corrected chi connectivity index (χ4v) is 4.91. The van der Waals surface area contributed by atoms with E-state index in [0.717, 1.165) is 49.8 Å². The summed E-state index contributed by atoms with van der Waals surface area (Å²) >= 11 is 0. The van der Waals surface area contributed by atoms with Crippen LogP contribution in [-0.2, 0) is 14.6 Å². The molecule has 2 fully saturated rings. The summed E-state index contributed by atoms with van der Waals surface area (Å²) in [5.41, 5.74) is 1.95. The Labute approximate surface area is 167 Å². The van der Waals surface area contributed by atoms with Crippen LogP contribution in [0.4, 0.5) is 4.79 Å². The second-order valence-corrected chi connectivity index (χ2v) is 10.1. The fourth-order valence-electron chi connectivity index (χ4n) is 4.29. The number of aryl methyl sites for hydroxylation is 1. The lowest BCUT2D eigenvalue weighted by molar-refractivity contribution is -0.00676. The topological polar surface area (TPSA) is 96.8 Å². The molecule has 0 aromatic carbocycles. The van der Waals surface area contributed by atoms with Gasteiger partial charge < -0.3 is 14.7 Å². The van der Waals surface area contributed by atoms with Crippen LogP contribution in [0.3, 0.4) is 0 Å². The molecule has 156 valence electrons. The number of pyridine rings is 1. The summed E-state index contributed by atoms with van der Waals surface area (Å²) in [6.07, 6.45) is 6.38. The molecule has 1 saturated heterocycles. The Balaban J connectivity index is 1.46. The van der Waals surface area contributed by atoms with E-state index in [0.29, 0.717) is 31.5 Å². The van der Waals surface area contributed by atoms with Crippen LogP contribution in [-0.4, -0.2) is 61.6 Å². The lowest BCUT2D eigenvalue weighted by Crippen LogP contribution is -2.39. The minimum absolute atomic E-state index is 0.139. The molecule has 1 aromatic rings. The molecule has 1 aromatic heterocycles. The minimum Gasteiger partial charge on any atom is -0.465 e. The van der Waals surface area contributed by atoms with Crippen LogP contribution in [0.15, 0.2) is 17.2 Å². The van der Waals surface area contributed by atoms with Crippen molar-refractivity contribution < 1.29 is 23.1 Å². The number of sulfone groups is 1. The van der Waals surface area contributed by atoms with Crippen molar-refractivity contribution in [1.29, 1.82) is 0 Å². The van der Waals surface area contributed by atoms with E-state index in [1.807, 2.05) is 13.0 Å². The molecule has 0 unspecified atom stereocenters. The van der Waals surface area contributed by atoms with Crippen LogP contribution < -0.4 is 0 Å². The average molecular weight is 411 g/mol. The van der Waals surface area contributed by atoms with Gasteiger partial charge in [-0.05, 0) is 68.9 Å². The number of carboxylic acid groups (broad SMARTS) is 1. The van der Waals surface area contributed by atoms with Crippen LogP contribution in [0.5, 0.6) is 0 Å². The Kier molecular flexibility index (Phi) is 6.60. The van der Waals surface area contributed by atoms with E-state index in [1.54, 1.807) is 6.07 Å². The zero-order valence-electron chi connectivity index (χ0n) is 16.6. The predicted molar refractivity (Wildman–Crippen MR) is 105 cm³/mol. The van der Waals surface area contributed by atoms with Gasteiger partial charge in [-0.15, -0.1) is 0 Å². The van der Waals surface area contributed by atoms with Gasteiger partial charge in [0, 0.05) is 31.6 Å². The normalized spacial score (nSPS) is 24.3. The van der Waals surface area contributed by atoms with Gasteiger partial charge >= 0.3 is 6.09 Å². The highest BCUT2D eigenvalue weighted by Crippen LogP contribution is 2.35. The number of likely N-dealkylation sites (tertiary alicyclic amines) is 1. The van der Waals surface area contributed by atoms with E-state index >= 15 is 0 Å². The van der Waals surface area contributed by atoms with Crippen LogP contribution in [0, 0.1) is 12.8 Å². The molecular weight excluding hydrogens is 380 g/mol. The fraction of sp³-hybridized carbons (Fsp3) is 0.700. The van der Waals surface area contributed by atoms with Gasteiger partial charge in [-0.3, -0.25) is 0 Å². The smallest absolute Gasteiger partial charge is 0.407 e. The highest BCUT2D eigenvalue weighted by molar-refractivity contribution is 7.90. The van der Waals surface area contributed by atoms with E-state index in [1.165, 1.54) is 11.2 Å². The minimum atomic E-state index is -3.27. The van der Waals surface area contributed by atoms with Gasteiger partial charge in [0.15, 0.2) is 14.9 Å². The lowest BCUT2D eigenvalue weighted by Gasteiger charge is -2.33. The summed E-state index contributed by atoms with van der Waals surface area (Å²) in [5.74, 6) is 0.850. The average Bonchev–Trinajstić information content (AvgIpc) is 2.66. The van der Waals surface area contributed by atoms with Crippen molar-refractivity contribution in [1.82, 2.24) is 9.88 Å². The lowest BCUT2D eigenvalue weighted by atomic mass is 9.82. The molecule has 1 aliphatic heterocycles. The van der Waals surface area contributed by atoms with E-state index in [2.05, 4.69) is 4.98 Å². The van der Waals surface area contributed by atoms with Crippen molar-refractivity contribution >= 4 is 15.9 Å². The molecule has 8 heteroatoms. The number of hydrogen-bond donors (Lipinski definition) is 1. The van der Waals surface area contributed by atoms with Gasteiger partial charge in [-0.1, -0.05) is 6.07 Å². The molecule has 2 aliphatic rings. The Hall–Kier alpha value is -1.67. The number of rotatable bonds is 5. The first-order valence-corrected chi connectivity index (χ1v) is 11.9. The Morgan fingerprint density at radius 2 is 1.82 bits per heavy atom. The van der Waals surface area contributed by atoms with Gasteiger partial charge in [0.25, 0.3) is 0 Å². The molecule has 3 rings (SSSR count). The van der Waals surface area contributed by atoms with Gasteiger partial charge in [0.1, 0.15) is 0 Å². The molecule has 2 heterocycles. The van der Waals surface area contributed by atoms with Crippen molar-refractivity contribution in [3.8, 4) is 0 Å². The monoisotopic (exact) mass is 410 g/mol. The van der Waals surface area contributed by atoms with Crippen LogP contribution >= 0.6 is 0 Å². The molecule has 1 saturated carbocycles. The van der Waals surface area contributed by atoms with Crippen LogP contribution in [0.1, 0.15) is 55.7 Å². The van der Waals surface area contributed by atoms with Crippen molar-refractivity contribution in [3.63, 3.8) is 0 Å². The van der Waals surface area contributed by atoms with Gasteiger partial charge in [-0.2, -0.15) is 0 Å². The summed E-state index contributed by atoms with van der Waals surface area (Å²) < 4.78 is 29.5. The highest BCUT2D eigenvalue weighted by Gasteiger charge is 2.27. The summed E-state index contributed by atoms with van der Waals surface area (Å²) in [6, 6.07) is 3.53. The Bertz CT molecular complexity index is 795. The van der Waals surface area contributed by atoms with Crippen molar-refractivity contribution in [3.05, 3.63) is 23.4 Å². The summed E-state index contributed by atoms with van der Waals surface area (Å²) in [6.45, 7) is 3.81. The number of hydrogen-bond acceptors (Lipinski definition) is 5. The third-order valence-electron chi connectivity index (χ3n) is 6.05. The Morgan fingerprint density at radius 1 is 1.18 bits per heavy atom.